The molecule has 1 aromatic heterocycles. The van der Waals surface area contributed by atoms with Crippen LogP contribution in [0.1, 0.15) is 16.8 Å². The molecule has 0 aliphatic carbocycles. The van der Waals surface area contributed by atoms with Gasteiger partial charge in [0.05, 0.1) is 0 Å². The maximum absolute atomic E-state index is 4.32. The summed E-state index contributed by atoms with van der Waals surface area (Å²) in [4.78, 5) is 4.32. The summed E-state index contributed by atoms with van der Waals surface area (Å²) >= 11 is 2.26. The second-order valence-corrected chi connectivity index (χ2v) is 3.52. The molecule has 2 heteroatoms. The Morgan fingerprint density at radius 3 is 2.40 bits per heavy atom. The fourth-order valence-corrected chi connectivity index (χ4v) is 1.66. The molecule has 54 valence electrons. The summed E-state index contributed by atoms with van der Waals surface area (Å²) in [7, 11) is 0. The summed E-state index contributed by atoms with van der Waals surface area (Å²) < 4.78 is 1.12. The minimum absolute atomic E-state index is 1.10. The molecule has 1 aromatic rings. The lowest BCUT2D eigenvalue weighted by Crippen LogP contribution is -1.92. The van der Waals surface area contributed by atoms with Gasteiger partial charge in [0.15, 0.2) is 0 Å². The van der Waals surface area contributed by atoms with Gasteiger partial charge < -0.3 is 0 Å². The Morgan fingerprint density at radius 1 is 1.30 bits per heavy atom. The maximum atomic E-state index is 4.32. The van der Waals surface area contributed by atoms with Crippen LogP contribution in [0.2, 0.25) is 0 Å². The molecule has 0 aromatic carbocycles. The third kappa shape index (κ3) is 1.48. The highest BCUT2D eigenvalue weighted by Gasteiger charge is 1.98. The second-order valence-electron chi connectivity index (χ2n) is 2.50. The Bertz CT molecular complexity index is 232. The predicted molar refractivity (Wildman–Crippen MR) is 51.2 cm³/mol. The molecular formula is C8H10IN. The molecular weight excluding hydrogens is 237 g/mol. The molecule has 0 aliphatic rings. The van der Waals surface area contributed by atoms with Gasteiger partial charge in [-0.1, -0.05) is 0 Å². The summed E-state index contributed by atoms with van der Waals surface area (Å²) in [6.07, 6.45) is 0. The standard InChI is InChI=1S/C8H10IN/c1-5-4-6(2)10-8(9)7(5)3/h4H,1-3H3. The minimum atomic E-state index is 1.10. The van der Waals surface area contributed by atoms with Crippen molar-refractivity contribution in [2.75, 3.05) is 0 Å². The molecule has 0 saturated heterocycles. The molecule has 1 rings (SSSR count). The Labute approximate surface area is 75.0 Å². The van der Waals surface area contributed by atoms with Gasteiger partial charge in [0.1, 0.15) is 3.70 Å². The summed E-state index contributed by atoms with van der Waals surface area (Å²) in [5, 5.41) is 0. The normalized spacial score (nSPS) is 10.0. The fourth-order valence-electron chi connectivity index (χ4n) is 0.855. The van der Waals surface area contributed by atoms with E-state index in [4.69, 9.17) is 0 Å². The van der Waals surface area contributed by atoms with Crippen LogP contribution >= 0.6 is 22.6 Å². The van der Waals surface area contributed by atoms with E-state index in [1.807, 2.05) is 6.92 Å². The van der Waals surface area contributed by atoms with Gasteiger partial charge in [-0.25, -0.2) is 4.98 Å². The molecule has 0 N–H and O–H groups in total. The van der Waals surface area contributed by atoms with Gasteiger partial charge >= 0.3 is 0 Å². The van der Waals surface area contributed by atoms with Gasteiger partial charge in [-0.05, 0) is 60.6 Å². The summed E-state index contributed by atoms with van der Waals surface area (Å²) in [5.41, 5.74) is 3.73. The third-order valence-electron chi connectivity index (χ3n) is 1.60. The second kappa shape index (κ2) is 2.86. The summed E-state index contributed by atoms with van der Waals surface area (Å²) in [5.74, 6) is 0. The fraction of sp³-hybridized carbons (Fsp3) is 0.375. The average Bonchev–Trinajstić information content (AvgIpc) is 1.82. The van der Waals surface area contributed by atoms with E-state index in [1.165, 1.54) is 11.1 Å². The van der Waals surface area contributed by atoms with Crippen molar-refractivity contribution in [3.8, 4) is 0 Å². The lowest BCUT2D eigenvalue weighted by molar-refractivity contribution is 1.10. The van der Waals surface area contributed by atoms with E-state index in [9.17, 15) is 0 Å². The van der Waals surface area contributed by atoms with Crippen molar-refractivity contribution in [2.24, 2.45) is 0 Å². The van der Waals surface area contributed by atoms with Gasteiger partial charge in [-0.3, -0.25) is 0 Å². The smallest absolute Gasteiger partial charge is 0.104 e. The topological polar surface area (TPSA) is 12.9 Å². The van der Waals surface area contributed by atoms with Crippen molar-refractivity contribution < 1.29 is 0 Å². The molecule has 0 fully saturated rings. The van der Waals surface area contributed by atoms with Crippen LogP contribution in [0.5, 0.6) is 0 Å². The zero-order valence-electron chi connectivity index (χ0n) is 6.40. The Morgan fingerprint density at radius 2 is 1.90 bits per heavy atom. The molecule has 1 heterocycles. The van der Waals surface area contributed by atoms with Crippen LogP contribution in [-0.2, 0) is 0 Å². The number of hydrogen-bond donors (Lipinski definition) is 0. The van der Waals surface area contributed by atoms with E-state index in [2.05, 4.69) is 47.5 Å². The quantitative estimate of drug-likeness (QED) is 0.507. The van der Waals surface area contributed by atoms with E-state index in [0.717, 1.165) is 9.39 Å². The number of aromatic nitrogens is 1. The van der Waals surface area contributed by atoms with Crippen LogP contribution in [0.4, 0.5) is 0 Å². The number of pyridine rings is 1. The van der Waals surface area contributed by atoms with Crippen molar-refractivity contribution >= 4 is 22.6 Å². The Hall–Kier alpha value is -0.120. The van der Waals surface area contributed by atoms with Gasteiger partial charge in [-0.2, -0.15) is 0 Å². The molecule has 0 atom stereocenters. The maximum Gasteiger partial charge on any atom is 0.104 e. The molecule has 0 aliphatic heterocycles. The molecule has 0 amide bonds. The van der Waals surface area contributed by atoms with Gasteiger partial charge in [-0.15, -0.1) is 0 Å². The Balaban J connectivity index is 3.31. The lowest BCUT2D eigenvalue weighted by atomic mass is 10.2. The summed E-state index contributed by atoms with van der Waals surface area (Å²) in [6.45, 7) is 6.24. The van der Waals surface area contributed by atoms with Crippen LogP contribution in [-0.4, -0.2) is 4.98 Å². The molecule has 0 radical (unpaired) electrons. The van der Waals surface area contributed by atoms with Gasteiger partial charge in [0, 0.05) is 5.69 Å². The lowest BCUT2D eigenvalue weighted by Gasteiger charge is -2.02. The van der Waals surface area contributed by atoms with Crippen LogP contribution in [0, 0.1) is 24.5 Å². The predicted octanol–water partition coefficient (Wildman–Crippen LogP) is 2.61. The third-order valence-corrected chi connectivity index (χ3v) is 2.65. The number of rotatable bonds is 0. The van der Waals surface area contributed by atoms with E-state index in [1.54, 1.807) is 0 Å². The number of nitrogens with zero attached hydrogens (tertiary/aromatic N) is 1. The monoisotopic (exact) mass is 247 g/mol. The molecule has 1 nitrogen and oxygen atoms in total. The number of aryl methyl sites for hydroxylation is 2. The van der Waals surface area contributed by atoms with Crippen LogP contribution in [0.15, 0.2) is 6.07 Å². The van der Waals surface area contributed by atoms with Crippen molar-refractivity contribution in [1.29, 1.82) is 0 Å². The van der Waals surface area contributed by atoms with Crippen LogP contribution in [0.3, 0.4) is 0 Å². The number of hydrogen-bond acceptors (Lipinski definition) is 1. The highest BCUT2D eigenvalue weighted by atomic mass is 127. The highest BCUT2D eigenvalue weighted by Crippen LogP contribution is 2.13. The summed E-state index contributed by atoms with van der Waals surface area (Å²) in [6, 6.07) is 2.11. The van der Waals surface area contributed by atoms with Crippen molar-refractivity contribution in [3.63, 3.8) is 0 Å². The van der Waals surface area contributed by atoms with Crippen molar-refractivity contribution in [3.05, 3.63) is 26.6 Å². The average molecular weight is 247 g/mol. The highest BCUT2D eigenvalue weighted by molar-refractivity contribution is 14.1. The number of halogens is 1. The first kappa shape index (κ1) is 7.98. The van der Waals surface area contributed by atoms with Crippen molar-refractivity contribution in [1.82, 2.24) is 4.98 Å². The molecule has 10 heavy (non-hydrogen) atoms. The van der Waals surface area contributed by atoms with Gasteiger partial charge in [0.25, 0.3) is 0 Å². The zero-order valence-corrected chi connectivity index (χ0v) is 8.56. The minimum Gasteiger partial charge on any atom is -0.247 e. The SMILES string of the molecule is Cc1cc(C)c(C)c(I)n1. The molecule has 0 bridgehead atoms. The first-order valence-corrected chi connectivity index (χ1v) is 4.29. The first-order chi connectivity index (χ1) is 4.61. The van der Waals surface area contributed by atoms with Crippen LogP contribution < -0.4 is 0 Å². The zero-order chi connectivity index (χ0) is 7.72. The molecule has 0 saturated carbocycles. The van der Waals surface area contributed by atoms with E-state index in [-0.39, 0.29) is 0 Å². The van der Waals surface area contributed by atoms with Crippen molar-refractivity contribution in [2.45, 2.75) is 20.8 Å². The largest absolute Gasteiger partial charge is 0.247 e. The van der Waals surface area contributed by atoms with E-state index >= 15 is 0 Å². The molecule has 0 unspecified atom stereocenters. The van der Waals surface area contributed by atoms with E-state index < -0.39 is 0 Å². The van der Waals surface area contributed by atoms with E-state index in [0.29, 0.717) is 0 Å². The van der Waals surface area contributed by atoms with Gasteiger partial charge in [0.2, 0.25) is 0 Å². The first-order valence-electron chi connectivity index (χ1n) is 3.21. The Kier molecular flexibility index (Phi) is 2.28. The van der Waals surface area contributed by atoms with Crippen LogP contribution in [0.25, 0.3) is 0 Å². The molecule has 0 spiro atoms.